The van der Waals surface area contributed by atoms with E-state index >= 15 is 0 Å². The zero-order valence-corrected chi connectivity index (χ0v) is 16.3. The summed E-state index contributed by atoms with van der Waals surface area (Å²) in [5.74, 6) is -0.890. The minimum absolute atomic E-state index is 0.0296. The molecule has 0 aliphatic carbocycles. The van der Waals surface area contributed by atoms with Gasteiger partial charge in [0.05, 0.1) is 0 Å². The lowest BCUT2D eigenvalue weighted by atomic mass is 10.1. The van der Waals surface area contributed by atoms with E-state index in [1.807, 2.05) is 11.9 Å². The summed E-state index contributed by atoms with van der Waals surface area (Å²) in [4.78, 5) is 28.8. The van der Waals surface area contributed by atoms with E-state index in [1.54, 1.807) is 24.3 Å². The molecule has 0 spiro atoms. The Morgan fingerprint density at radius 3 is 2.36 bits per heavy atom. The lowest BCUT2D eigenvalue weighted by Crippen LogP contribution is -2.47. The third-order valence-corrected chi connectivity index (χ3v) is 4.70. The van der Waals surface area contributed by atoms with Crippen LogP contribution in [0.1, 0.15) is 20.7 Å². The lowest BCUT2D eigenvalue weighted by Gasteiger charge is -2.32. The molecule has 6 nitrogen and oxygen atoms in total. The van der Waals surface area contributed by atoms with Crippen molar-refractivity contribution < 1.29 is 14.0 Å². The quantitative estimate of drug-likeness (QED) is 0.775. The van der Waals surface area contributed by atoms with Crippen LogP contribution < -0.4 is 10.6 Å². The number of hydrogen-bond acceptors (Lipinski definition) is 4. The molecular formula is C20H21FN4O2S. The Morgan fingerprint density at radius 1 is 1.00 bits per heavy atom. The van der Waals surface area contributed by atoms with Gasteiger partial charge in [-0.1, -0.05) is 6.07 Å². The molecule has 0 atom stereocenters. The second-order valence-electron chi connectivity index (χ2n) is 6.59. The van der Waals surface area contributed by atoms with Crippen molar-refractivity contribution in [1.29, 1.82) is 0 Å². The Morgan fingerprint density at radius 2 is 1.68 bits per heavy atom. The van der Waals surface area contributed by atoms with Crippen LogP contribution in [0.25, 0.3) is 0 Å². The summed E-state index contributed by atoms with van der Waals surface area (Å²) in [5, 5.41) is 5.54. The predicted molar refractivity (Wildman–Crippen MR) is 110 cm³/mol. The van der Waals surface area contributed by atoms with Gasteiger partial charge >= 0.3 is 0 Å². The Kier molecular flexibility index (Phi) is 6.33. The monoisotopic (exact) mass is 400 g/mol. The van der Waals surface area contributed by atoms with Gasteiger partial charge in [0.1, 0.15) is 5.82 Å². The van der Waals surface area contributed by atoms with Gasteiger partial charge < -0.3 is 15.1 Å². The SMILES string of the molecule is CN1CCN(C(=O)c2cccc(NC(=S)NC(=O)c3ccc(F)cc3)c2)CC1. The van der Waals surface area contributed by atoms with Crippen molar-refractivity contribution in [3.63, 3.8) is 0 Å². The van der Waals surface area contributed by atoms with E-state index in [-0.39, 0.29) is 11.0 Å². The van der Waals surface area contributed by atoms with Gasteiger partial charge in [-0.05, 0) is 61.7 Å². The highest BCUT2D eigenvalue weighted by molar-refractivity contribution is 7.80. The van der Waals surface area contributed by atoms with E-state index in [1.165, 1.54) is 24.3 Å². The number of benzene rings is 2. The fraction of sp³-hybridized carbons (Fsp3) is 0.250. The molecule has 28 heavy (non-hydrogen) atoms. The first-order chi connectivity index (χ1) is 13.4. The lowest BCUT2D eigenvalue weighted by molar-refractivity contribution is 0.0664. The molecule has 2 aromatic rings. The Labute approximate surface area is 168 Å². The molecule has 0 radical (unpaired) electrons. The highest BCUT2D eigenvalue weighted by Gasteiger charge is 2.20. The van der Waals surface area contributed by atoms with E-state index in [2.05, 4.69) is 15.5 Å². The van der Waals surface area contributed by atoms with E-state index in [9.17, 15) is 14.0 Å². The molecule has 146 valence electrons. The topological polar surface area (TPSA) is 64.7 Å². The molecular weight excluding hydrogens is 379 g/mol. The van der Waals surface area contributed by atoms with Gasteiger partial charge in [-0.15, -0.1) is 0 Å². The number of anilines is 1. The average molecular weight is 400 g/mol. The van der Waals surface area contributed by atoms with Crippen LogP contribution in [0.4, 0.5) is 10.1 Å². The molecule has 8 heteroatoms. The van der Waals surface area contributed by atoms with Gasteiger partial charge in [0.15, 0.2) is 5.11 Å². The molecule has 1 aliphatic heterocycles. The Balaban J connectivity index is 1.60. The van der Waals surface area contributed by atoms with Crippen LogP contribution in [0.5, 0.6) is 0 Å². The van der Waals surface area contributed by atoms with Gasteiger partial charge in [0.25, 0.3) is 11.8 Å². The smallest absolute Gasteiger partial charge is 0.257 e. The van der Waals surface area contributed by atoms with Crippen molar-refractivity contribution in [3.05, 3.63) is 65.5 Å². The van der Waals surface area contributed by atoms with Gasteiger partial charge in [0.2, 0.25) is 0 Å². The number of rotatable bonds is 3. The zero-order valence-electron chi connectivity index (χ0n) is 15.4. The standard InChI is InChI=1S/C20H21FN4O2S/c1-24-9-11-25(12-10-24)19(27)15-3-2-4-17(13-15)22-20(28)23-18(26)14-5-7-16(21)8-6-14/h2-8,13H,9-12H2,1H3,(H2,22,23,26,28). The summed E-state index contributed by atoms with van der Waals surface area (Å²) in [6.07, 6.45) is 0. The molecule has 2 amide bonds. The number of thiocarbonyl (C=S) groups is 1. The highest BCUT2D eigenvalue weighted by atomic mass is 32.1. The number of halogens is 1. The highest BCUT2D eigenvalue weighted by Crippen LogP contribution is 2.14. The predicted octanol–water partition coefficient (Wildman–Crippen LogP) is 2.34. The molecule has 1 heterocycles. The van der Waals surface area contributed by atoms with Crippen molar-refractivity contribution in [3.8, 4) is 0 Å². The average Bonchev–Trinajstić information content (AvgIpc) is 2.68. The maximum atomic E-state index is 13.0. The Bertz CT molecular complexity index is 880. The van der Waals surface area contributed by atoms with E-state index in [0.717, 1.165) is 13.1 Å². The van der Waals surface area contributed by atoms with E-state index in [0.29, 0.717) is 29.9 Å². The number of carbonyl (C=O) groups excluding carboxylic acids is 2. The van der Waals surface area contributed by atoms with Crippen LogP contribution in [0, 0.1) is 5.82 Å². The summed E-state index contributed by atoms with van der Waals surface area (Å²) in [5.41, 5.74) is 1.45. The van der Waals surface area contributed by atoms with Gasteiger partial charge in [0, 0.05) is 43.0 Å². The molecule has 3 rings (SSSR count). The van der Waals surface area contributed by atoms with Crippen LogP contribution in [0.15, 0.2) is 48.5 Å². The maximum Gasteiger partial charge on any atom is 0.257 e. The summed E-state index contributed by atoms with van der Waals surface area (Å²) in [6, 6.07) is 12.2. The second-order valence-corrected chi connectivity index (χ2v) is 7.00. The maximum absolute atomic E-state index is 13.0. The third-order valence-electron chi connectivity index (χ3n) is 4.49. The number of nitrogens with zero attached hydrogens (tertiary/aromatic N) is 2. The van der Waals surface area contributed by atoms with Crippen molar-refractivity contribution in [2.75, 3.05) is 38.5 Å². The van der Waals surface area contributed by atoms with E-state index < -0.39 is 11.7 Å². The number of amides is 2. The molecule has 2 aromatic carbocycles. The molecule has 0 unspecified atom stereocenters. The number of likely N-dealkylation sites (N-methyl/N-ethyl adjacent to an activating group) is 1. The summed E-state index contributed by atoms with van der Waals surface area (Å²) in [7, 11) is 2.04. The summed E-state index contributed by atoms with van der Waals surface area (Å²) < 4.78 is 13.0. The van der Waals surface area contributed by atoms with Crippen molar-refractivity contribution in [2.45, 2.75) is 0 Å². The zero-order chi connectivity index (χ0) is 20.1. The first-order valence-electron chi connectivity index (χ1n) is 8.88. The van der Waals surface area contributed by atoms with Crippen molar-refractivity contribution >= 4 is 34.8 Å². The van der Waals surface area contributed by atoms with Crippen LogP contribution >= 0.6 is 12.2 Å². The van der Waals surface area contributed by atoms with Gasteiger partial charge in [-0.3, -0.25) is 14.9 Å². The van der Waals surface area contributed by atoms with Crippen molar-refractivity contribution in [1.82, 2.24) is 15.1 Å². The van der Waals surface area contributed by atoms with Crippen LogP contribution in [-0.2, 0) is 0 Å². The molecule has 1 fully saturated rings. The number of nitrogens with one attached hydrogen (secondary N) is 2. The van der Waals surface area contributed by atoms with Gasteiger partial charge in [-0.2, -0.15) is 0 Å². The second kappa shape index (κ2) is 8.90. The van der Waals surface area contributed by atoms with Crippen LogP contribution in [0.2, 0.25) is 0 Å². The third kappa shape index (κ3) is 5.11. The molecule has 0 bridgehead atoms. The Hall–Kier alpha value is -2.84. The summed E-state index contributed by atoms with van der Waals surface area (Å²) >= 11 is 5.17. The fourth-order valence-electron chi connectivity index (χ4n) is 2.86. The molecule has 1 saturated heterocycles. The van der Waals surface area contributed by atoms with Crippen LogP contribution in [0.3, 0.4) is 0 Å². The number of hydrogen-bond donors (Lipinski definition) is 2. The minimum atomic E-state index is -0.442. The minimum Gasteiger partial charge on any atom is -0.336 e. The number of carbonyl (C=O) groups is 2. The van der Waals surface area contributed by atoms with E-state index in [4.69, 9.17) is 12.2 Å². The molecule has 0 saturated carbocycles. The number of piperazine rings is 1. The molecule has 0 aromatic heterocycles. The van der Waals surface area contributed by atoms with Crippen LogP contribution in [-0.4, -0.2) is 60.0 Å². The molecule has 1 aliphatic rings. The summed E-state index contributed by atoms with van der Waals surface area (Å²) in [6.45, 7) is 3.09. The normalized spacial score (nSPS) is 14.4. The van der Waals surface area contributed by atoms with Crippen molar-refractivity contribution in [2.24, 2.45) is 0 Å². The molecule has 2 N–H and O–H groups in total. The largest absolute Gasteiger partial charge is 0.336 e. The fourth-order valence-corrected chi connectivity index (χ4v) is 3.07. The first kappa shape index (κ1) is 19.9. The van der Waals surface area contributed by atoms with Gasteiger partial charge in [-0.25, -0.2) is 4.39 Å². The first-order valence-corrected chi connectivity index (χ1v) is 9.29.